The molecule has 5 heteroatoms. The van der Waals surface area contributed by atoms with E-state index >= 15 is 0 Å². The highest BCUT2D eigenvalue weighted by molar-refractivity contribution is 7.90. The van der Waals surface area contributed by atoms with E-state index in [0.29, 0.717) is 6.42 Å². The molecule has 0 amide bonds. The molecule has 0 atom stereocenters. The number of hydrogen-bond acceptors (Lipinski definition) is 4. The van der Waals surface area contributed by atoms with Crippen molar-refractivity contribution in [2.24, 2.45) is 0 Å². The number of sulfone groups is 1. The second kappa shape index (κ2) is 7.38. The van der Waals surface area contributed by atoms with Gasteiger partial charge in [0, 0.05) is 6.26 Å². The molecule has 0 bridgehead atoms. The third-order valence-electron chi connectivity index (χ3n) is 2.59. The second-order valence-electron chi connectivity index (χ2n) is 4.33. The zero-order valence-corrected chi connectivity index (χ0v) is 11.8. The Balaban J connectivity index is 2.18. The van der Waals surface area contributed by atoms with E-state index in [9.17, 15) is 8.42 Å². The molecule has 0 unspecified atom stereocenters. The summed E-state index contributed by atoms with van der Waals surface area (Å²) in [6.07, 6.45) is 2.84. The summed E-state index contributed by atoms with van der Waals surface area (Å²) in [5.74, 6) is 1.11. The van der Waals surface area contributed by atoms with Gasteiger partial charge in [-0.2, -0.15) is 0 Å². The summed E-state index contributed by atoms with van der Waals surface area (Å²) in [5, 5.41) is 3.24. The molecule has 0 aliphatic carbocycles. The maximum atomic E-state index is 10.9. The first-order valence-electron chi connectivity index (χ1n) is 6.02. The fourth-order valence-corrected chi connectivity index (χ4v) is 2.31. The molecule has 18 heavy (non-hydrogen) atoms. The van der Waals surface area contributed by atoms with Gasteiger partial charge in [0.05, 0.1) is 12.9 Å². The van der Waals surface area contributed by atoms with Crippen molar-refractivity contribution < 1.29 is 13.2 Å². The molecule has 0 aliphatic rings. The Kier molecular flexibility index (Phi) is 6.15. The lowest BCUT2D eigenvalue weighted by molar-refractivity contribution is 0.414. The van der Waals surface area contributed by atoms with Gasteiger partial charge in [-0.05, 0) is 43.6 Å². The molecular formula is C13H21NO3S. The van der Waals surface area contributed by atoms with Crippen molar-refractivity contribution in [1.29, 1.82) is 0 Å². The van der Waals surface area contributed by atoms with E-state index in [1.54, 1.807) is 7.11 Å². The van der Waals surface area contributed by atoms with E-state index in [2.05, 4.69) is 11.4 Å². The van der Waals surface area contributed by atoms with Crippen LogP contribution in [0.15, 0.2) is 24.3 Å². The average Bonchev–Trinajstić information content (AvgIpc) is 2.32. The first kappa shape index (κ1) is 15.0. The summed E-state index contributed by atoms with van der Waals surface area (Å²) in [6, 6.07) is 7.96. The van der Waals surface area contributed by atoms with Gasteiger partial charge < -0.3 is 10.1 Å². The van der Waals surface area contributed by atoms with Crippen LogP contribution < -0.4 is 10.1 Å². The van der Waals surface area contributed by atoms with Crippen molar-refractivity contribution >= 4 is 9.84 Å². The van der Waals surface area contributed by atoms with Crippen LogP contribution in [0.2, 0.25) is 0 Å². The monoisotopic (exact) mass is 271 g/mol. The molecule has 4 nitrogen and oxygen atoms in total. The second-order valence-corrected chi connectivity index (χ2v) is 6.59. The third kappa shape index (κ3) is 6.61. The normalized spacial score (nSPS) is 11.4. The van der Waals surface area contributed by atoms with Gasteiger partial charge in [-0.25, -0.2) is 8.42 Å². The average molecular weight is 271 g/mol. The highest BCUT2D eigenvalue weighted by atomic mass is 32.2. The van der Waals surface area contributed by atoms with Gasteiger partial charge in [-0.15, -0.1) is 0 Å². The minimum Gasteiger partial charge on any atom is -0.497 e. The van der Waals surface area contributed by atoms with Gasteiger partial charge in [0.2, 0.25) is 0 Å². The highest BCUT2D eigenvalue weighted by Gasteiger charge is 2.00. The van der Waals surface area contributed by atoms with Crippen LogP contribution in [-0.4, -0.2) is 40.6 Å². The van der Waals surface area contributed by atoms with E-state index < -0.39 is 9.84 Å². The van der Waals surface area contributed by atoms with Crippen LogP contribution in [0, 0.1) is 0 Å². The van der Waals surface area contributed by atoms with E-state index in [1.807, 2.05) is 18.2 Å². The number of benzene rings is 1. The summed E-state index contributed by atoms with van der Waals surface area (Å²) < 4.78 is 27.0. The van der Waals surface area contributed by atoms with Crippen molar-refractivity contribution in [1.82, 2.24) is 5.32 Å². The van der Waals surface area contributed by atoms with Crippen LogP contribution in [0.25, 0.3) is 0 Å². The van der Waals surface area contributed by atoms with Crippen LogP contribution in [0.5, 0.6) is 5.75 Å². The number of nitrogens with one attached hydrogen (secondary N) is 1. The van der Waals surface area contributed by atoms with Gasteiger partial charge in [-0.3, -0.25) is 0 Å². The van der Waals surface area contributed by atoms with Gasteiger partial charge in [-0.1, -0.05) is 12.1 Å². The molecule has 1 aromatic carbocycles. The van der Waals surface area contributed by atoms with E-state index in [4.69, 9.17) is 4.74 Å². The van der Waals surface area contributed by atoms with E-state index in [-0.39, 0.29) is 5.75 Å². The van der Waals surface area contributed by atoms with Crippen LogP contribution in [-0.2, 0) is 16.3 Å². The Hall–Kier alpha value is -1.07. The van der Waals surface area contributed by atoms with Crippen LogP contribution in [0.4, 0.5) is 0 Å². The van der Waals surface area contributed by atoms with Crippen LogP contribution in [0.3, 0.4) is 0 Å². The molecule has 0 saturated carbocycles. The molecule has 1 rings (SSSR count). The molecule has 102 valence electrons. The fraction of sp³-hybridized carbons (Fsp3) is 0.538. The summed E-state index contributed by atoms with van der Waals surface area (Å²) in [4.78, 5) is 0. The summed E-state index contributed by atoms with van der Waals surface area (Å²) in [7, 11) is -1.17. The number of methoxy groups -OCH3 is 1. The lowest BCUT2D eigenvalue weighted by Gasteiger charge is -2.06. The molecular weight excluding hydrogens is 250 g/mol. The number of hydrogen-bond donors (Lipinski definition) is 1. The maximum absolute atomic E-state index is 10.9. The van der Waals surface area contributed by atoms with Crippen molar-refractivity contribution in [3.05, 3.63) is 29.8 Å². The van der Waals surface area contributed by atoms with Crippen LogP contribution >= 0.6 is 0 Å². The van der Waals surface area contributed by atoms with Crippen molar-refractivity contribution in [2.45, 2.75) is 12.8 Å². The van der Waals surface area contributed by atoms with E-state index in [0.717, 1.165) is 25.3 Å². The topological polar surface area (TPSA) is 55.4 Å². The molecule has 1 N–H and O–H groups in total. The fourth-order valence-electron chi connectivity index (χ4n) is 1.65. The highest BCUT2D eigenvalue weighted by Crippen LogP contribution is 2.12. The Morgan fingerprint density at radius 2 is 2.06 bits per heavy atom. The first-order chi connectivity index (χ1) is 8.51. The van der Waals surface area contributed by atoms with Gasteiger partial charge >= 0.3 is 0 Å². The van der Waals surface area contributed by atoms with Crippen molar-refractivity contribution in [2.75, 3.05) is 32.2 Å². The molecule has 0 aromatic heterocycles. The molecule has 0 spiro atoms. The Morgan fingerprint density at radius 1 is 1.28 bits per heavy atom. The van der Waals surface area contributed by atoms with Gasteiger partial charge in [0.15, 0.2) is 0 Å². The van der Waals surface area contributed by atoms with Crippen molar-refractivity contribution in [3.63, 3.8) is 0 Å². The minimum atomic E-state index is -2.83. The summed E-state index contributed by atoms with van der Waals surface area (Å²) >= 11 is 0. The standard InChI is InChI=1S/C13H21NO3S/c1-17-13-6-3-5-12(11-13)7-9-14-8-4-10-18(2,15)16/h3,5-6,11,14H,4,7-10H2,1-2H3. The zero-order valence-electron chi connectivity index (χ0n) is 11.0. The van der Waals surface area contributed by atoms with Crippen molar-refractivity contribution in [3.8, 4) is 5.75 Å². The Labute approximate surface area is 109 Å². The molecule has 0 fully saturated rings. The van der Waals surface area contributed by atoms with E-state index in [1.165, 1.54) is 11.8 Å². The smallest absolute Gasteiger partial charge is 0.147 e. The van der Waals surface area contributed by atoms with Gasteiger partial charge in [0.1, 0.15) is 15.6 Å². The number of rotatable bonds is 8. The Morgan fingerprint density at radius 3 is 2.72 bits per heavy atom. The first-order valence-corrected chi connectivity index (χ1v) is 8.09. The molecule has 0 saturated heterocycles. The predicted octanol–water partition coefficient (Wildman–Crippen LogP) is 1.26. The lowest BCUT2D eigenvalue weighted by Crippen LogP contribution is -2.20. The summed E-state index contributed by atoms with van der Waals surface area (Å²) in [5.41, 5.74) is 1.21. The van der Waals surface area contributed by atoms with Gasteiger partial charge in [0.25, 0.3) is 0 Å². The molecule has 0 aliphatic heterocycles. The largest absolute Gasteiger partial charge is 0.497 e. The zero-order chi connectivity index (χ0) is 13.4. The summed E-state index contributed by atoms with van der Waals surface area (Å²) in [6.45, 7) is 1.58. The molecule has 0 heterocycles. The SMILES string of the molecule is COc1cccc(CCNCCCS(C)(=O)=O)c1. The molecule has 0 radical (unpaired) electrons. The minimum absolute atomic E-state index is 0.249. The quantitative estimate of drug-likeness (QED) is 0.723. The number of ether oxygens (including phenoxy) is 1. The lowest BCUT2D eigenvalue weighted by atomic mass is 10.1. The van der Waals surface area contributed by atoms with Crippen LogP contribution in [0.1, 0.15) is 12.0 Å². The maximum Gasteiger partial charge on any atom is 0.147 e. The third-order valence-corrected chi connectivity index (χ3v) is 3.62. The Bertz CT molecular complexity index is 457. The molecule has 1 aromatic rings. The predicted molar refractivity (Wildman–Crippen MR) is 73.9 cm³/mol.